The molecular formula is C12H16BrN. The Kier molecular flexibility index (Phi) is 2.67. The lowest BCUT2D eigenvalue weighted by Gasteiger charge is -2.17. The lowest BCUT2D eigenvalue weighted by Crippen LogP contribution is -2.32. The summed E-state index contributed by atoms with van der Waals surface area (Å²) in [5.41, 5.74) is 7.61. The van der Waals surface area contributed by atoms with E-state index in [2.05, 4.69) is 47.1 Å². The molecule has 1 saturated carbocycles. The van der Waals surface area contributed by atoms with Crippen LogP contribution in [0.2, 0.25) is 0 Å². The SMILES string of the molecule is CC1(N)CC[C@H](c2ccc(Br)cc2)C1. The molecule has 1 fully saturated rings. The van der Waals surface area contributed by atoms with E-state index in [1.165, 1.54) is 12.0 Å². The molecule has 1 aliphatic rings. The van der Waals surface area contributed by atoms with Crippen LogP contribution >= 0.6 is 15.9 Å². The molecule has 0 saturated heterocycles. The van der Waals surface area contributed by atoms with Gasteiger partial charge in [-0.2, -0.15) is 0 Å². The first-order valence-corrected chi connectivity index (χ1v) is 5.90. The van der Waals surface area contributed by atoms with Crippen molar-refractivity contribution in [3.8, 4) is 0 Å². The minimum Gasteiger partial charge on any atom is -0.325 e. The van der Waals surface area contributed by atoms with Gasteiger partial charge in [0.2, 0.25) is 0 Å². The molecule has 76 valence electrons. The van der Waals surface area contributed by atoms with Gasteiger partial charge in [-0.3, -0.25) is 0 Å². The number of benzene rings is 1. The molecule has 2 heteroatoms. The Morgan fingerprint density at radius 3 is 2.50 bits per heavy atom. The van der Waals surface area contributed by atoms with Gasteiger partial charge in [0.15, 0.2) is 0 Å². The largest absolute Gasteiger partial charge is 0.325 e. The van der Waals surface area contributed by atoms with Gasteiger partial charge in [0.05, 0.1) is 0 Å². The van der Waals surface area contributed by atoms with Gasteiger partial charge >= 0.3 is 0 Å². The van der Waals surface area contributed by atoms with Gasteiger partial charge < -0.3 is 5.73 Å². The molecule has 1 unspecified atom stereocenters. The van der Waals surface area contributed by atoms with E-state index in [0.29, 0.717) is 5.92 Å². The highest BCUT2D eigenvalue weighted by molar-refractivity contribution is 9.10. The van der Waals surface area contributed by atoms with E-state index < -0.39 is 0 Å². The number of hydrogen-bond donors (Lipinski definition) is 1. The Labute approximate surface area is 93.8 Å². The van der Waals surface area contributed by atoms with Crippen LogP contribution in [0, 0.1) is 0 Å². The highest BCUT2D eigenvalue weighted by Crippen LogP contribution is 2.39. The Balaban J connectivity index is 2.14. The molecule has 1 aliphatic carbocycles. The van der Waals surface area contributed by atoms with Crippen molar-refractivity contribution >= 4 is 15.9 Å². The molecule has 1 aromatic rings. The smallest absolute Gasteiger partial charge is 0.0175 e. The zero-order valence-corrected chi connectivity index (χ0v) is 10.0. The fraction of sp³-hybridized carbons (Fsp3) is 0.500. The second-order valence-electron chi connectivity index (χ2n) is 4.65. The molecule has 0 spiro atoms. The van der Waals surface area contributed by atoms with Crippen LogP contribution in [0.15, 0.2) is 28.7 Å². The topological polar surface area (TPSA) is 26.0 Å². The lowest BCUT2D eigenvalue weighted by atomic mass is 9.94. The van der Waals surface area contributed by atoms with Crippen LogP contribution in [0.1, 0.15) is 37.7 Å². The van der Waals surface area contributed by atoms with Gasteiger partial charge in [0.1, 0.15) is 0 Å². The second-order valence-corrected chi connectivity index (χ2v) is 5.56. The zero-order chi connectivity index (χ0) is 10.2. The van der Waals surface area contributed by atoms with E-state index in [0.717, 1.165) is 17.3 Å². The van der Waals surface area contributed by atoms with Crippen molar-refractivity contribution in [1.82, 2.24) is 0 Å². The molecule has 14 heavy (non-hydrogen) atoms. The maximum atomic E-state index is 6.13. The van der Waals surface area contributed by atoms with Gasteiger partial charge in [-0.25, -0.2) is 0 Å². The normalized spacial score (nSPS) is 32.1. The molecule has 2 rings (SSSR count). The first-order valence-electron chi connectivity index (χ1n) is 5.11. The quantitative estimate of drug-likeness (QED) is 0.816. The summed E-state index contributed by atoms with van der Waals surface area (Å²) >= 11 is 3.45. The van der Waals surface area contributed by atoms with E-state index in [4.69, 9.17) is 5.73 Å². The molecule has 0 aliphatic heterocycles. The summed E-state index contributed by atoms with van der Waals surface area (Å²) < 4.78 is 1.15. The lowest BCUT2D eigenvalue weighted by molar-refractivity contribution is 0.479. The van der Waals surface area contributed by atoms with E-state index in [1.807, 2.05) is 0 Å². The maximum absolute atomic E-state index is 6.13. The van der Waals surface area contributed by atoms with Crippen LogP contribution in [0.5, 0.6) is 0 Å². The average molecular weight is 254 g/mol. The Morgan fingerprint density at radius 2 is 2.00 bits per heavy atom. The Bertz CT molecular complexity index is 316. The van der Waals surface area contributed by atoms with Crippen molar-refractivity contribution in [2.75, 3.05) is 0 Å². The molecule has 1 nitrogen and oxygen atoms in total. The van der Waals surface area contributed by atoms with Crippen molar-refractivity contribution in [2.24, 2.45) is 5.73 Å². The van der Waals surface area contributed by atoms with E-state index >= 15 is 0 Å². The monoisotopic (exact) mass is 253 g/mol. The van der Waals surface area contributed by atoms with E-state index in [9.17, 15) is 0 Å². The third-order valence-corrected chi connectivity index (χ3v) is 3.65. The third-order valence-electron chi connectivity index (χ3n) is 3.12. The highest BCUT2D eigenvalue weighted by atomic mass is 79.9. The van der Waals surface area contributed by atoms with Crippen molar-refractivity contribution in [3.05, 3.63) is 34.3 Å². The first kappa shape index (κ1) is 10.2. The maximum Gasteiger partial charge on any atom is 0.0175 e. The number of rotatable bonds is 1. The van der Waals surface area contributed by atoms with Crippen LogP contribution in [-0.4, -0.2) is 5.54 Å². The van der Waals surface area contributed by atoms with E-state index in [-0.39, 0.29) is 5.54 Å². The van der Waals surface area contributed by atoms with Crippen molar-refractivity contribution < 1.29 is 0 Å². The van der Waals surface area contributed by atoms with Crippen LogP contribution in [-0.2, 0) is 0 Å². The van der Waals surface area contributed by atoms with Gasteiger partial charge in [0.25, 0.3) is 0 Å². The molecule has 0 aromatic heterocycles. The summed E-state index contributed by atoms with van der Waals surface area (Å²) in [6.07, 6.45) is 3.50. The number of halogens is 1. The summed E-state index contributed by atoms with van der Waals surface area (Å²) in [4.78, 5) is 0. The molecule has 0 bridgehead atoms. The molecule has 0 amide bonds. The first-order chi connectivity index (χ1) is 6.57. The van der Waals surface area contributed by atoms with Crippen molar-refractivity contribution in [1.29, 1.82) is 0 Å². The number of nitrogens with two attached hydrogens (primary N) is 1. The second kappa shape index (κ2) is 3.67. The van der Waals surface area contributed by atoms with Crippen molar-refractivity contribution in [2.45, 2.75) is 37.6 Å². The van der Waals surface area contributed by atoms with Crippen LogP contribution in [0.25, 0.3) is 0 Å². The van der Waals surface area contributed by atoms with Gasteiger partial charge in [-0.1, -0.05) is 28.1 Å². The summed E-state index contributed by atoms with van der Waals surface area (Å²) in [5, 5.41) is 0. The molecular weight excluding hydrogens is 238 g/mol. The summed E-state index contributed by atoms with van der Waals surface area (Å²) in [5.74, 6) is 0.665. The summed E-state index contributed by atoms with van der Waals surface area (Å²) in [6, 6.07) is 8.63. The molecule has 2 atom stereocenters. The third kappa shape index (κ3) is 2.18. The van der Waals surface area contributed by atoms with Crippen LogP contribution < -0.4 is 5.73 Å². The fourth-order valence-corrected chi connectivity index (χ4v) is 2.55. The van der Waals surface area contributed by atoms with Gasteiger partial charge in [0, 0.05) is 10.0 Å². The minimum absolute atomic E-state index is 0.0533. The van der Waals surface area contributed by atoms with Crippen LogP contribution in [0.4, 0.5) is 0 Å². The predicted octanol–water partition coefficient (Wildman–Crippen LogP) is 3.43. The zero-order valence-electron chi connectivity index (χ0n) is 8.46. The molecule has 0 heterocycles. The molecule has 0 radical (unpaired) electrons. The van der Waals surface area contributed by atoms with E-state index in [1.54, 1.807) is 0 Å². The van der Waals surface area contributed by atoms with Crippen molar-refractivity contribution in [3.63, 3.8) is 0 Å². The minimum atomic E-state index is 0.0533. The highest BCUT2D eigenvalue weighted by Gasteiger charge is 2.31. The predicted molar refractivity (Wildman–Crippen MR) is 63.3 cm³/mol. The summed E-state index contributed by atoms with van der Waals surface area (Å²) in [7, 11) is 0. The standard InChI is InChI=1S/C12H16BrN/c1-12(14)7-6-10(8-12)9-2-4-11(13)5-3-9/h2-5,10H,6-8,14H2,1H3/t10-,12?/m0/s1. The number of hydrogen-bond acceptors (Lipinski definition) is 1. The Hall–Kier alpha value is -0.340. The Morgan fingerprint density at radius 1 is 1.36 bits per heavy atom. The molecule has 1 aromatic carbocycles. The fourth-order valence-electron chi connectivity index (χ4n) is 2.29. The van der Waals surface area contributed by atoms with Gasteiger partial charge in [-0.05, 0) is 49.8 Å². The van der Waals surface area contributed by atoms with Gasteiger partial charge in [-0.15, -0.1) is 0 Å². The average Bonchev–Trinajstić information content (AvgIpc) is 2.47. The molecule has 2 N–H and O–H groups in total. The summed E-state index contributed by atoms with van der Waals surface area (Å²) in [6.45, 7) is 2.16. The van der Waals surface area contributed by atoms with Crippen LogP contribution in [0.3, 0.4) is 0 Å².